The molecule has 9 nitrogen and oxygen atoms in total. The molecule has 0 aromatic heterocycles. The molecule has 0 aliphatic carbocycles. The number of unbranched alkanes of at least 4 members (excludes halogenated alkanes) is 44. The molecule has 0 amide bonds. The van der Waals surface area contributed by atoms with Crippen molar-refractivity contribution >= 4 is 19.8 Å². The van der Waals surface area contributed by atoms with Gasteiger partial charge in [-0.2, -0.15) is 0 Å². The summed E-state index contributed by atoms with van der Waals surface area (Å²) in [5.41, 5.74) is 5.42. The fourth-order valence-electron chi connectivity index (χ4n) is 12.4. The zero-order valence-electron chi connectivity index (χ0n) is 67.0. The van der Waals surface area contributed by atoms with Gasteiger partial charge < -0.3 is 20.1 Å². The lowest BCUT2D eigenvalue weighted by Gasteiger charge is -2.19. The minimum absolute atomic E-state index is 0.0521. The van der Waals surface area contributed by atoms with E-state index in [0.29, 0.717) is 6.42 Å². The average Bonchev–Trinajstić information content (AvgIpc) is 1.08. The normalized spacial score (nSPS) is 13.6. The average molecular weight is 1450 g/mol. The van der Waals surface area contributed by atoms with Gasteiger partial charge >= 0.3 is 19.8 Å². The Morgan fingerprint density at radius 3 is 0.748 bits per heavy atom. The highest BCUT2D eigenvalue weighted by Gasteiger charge is 2.26. The molecular formula is C93H162NO8P. The minimum Gasteiger partial charge on any atom is -0.462 e. The molecule has 10 heteroatoms. The molecule has 0 fully saturated rings. The van der Waals surface area contributed by atoms with Crippen LogP contribution in [0.5, 0.6) is 0 Å². The first-order valence-electron chi connectivity index (χ1n) is 43.3. The predicted molar refractivity (Wildman–Crippen MR) is 450 cm³/mol. The lowest BCUT2D eigenvalue weighted by atomic mass is 10.0. The molecule has 2 unspecified atom stereocenters. The SMILES string of the molecule is CC/C=C\C/C=C\C/C=C\C/C=C\C/C=C\C/C=C\CCCCCCCCCCCCCCCCCCCCCCCCC(=O)OCC(COP(=O)(O)OCCN)OC(=O)CCCCCCCCCCCCCCCCCCCCCCCC/C=C\C/C=C\C/C=C\C/C=C\C/C=C\C/C=C\CC. The van der Waals surface area contributed by atoms with Gasteiger partial charge in [-0.05, 0) is 116 Å². The molecular weight excluding hydrogens is 1290 g/mol. The summed E-state index contributed by atoms with van der Waals surface area (Å²) in [5, 5.41) is 0. The highest BCUT2D eigenvalue weighted by Crippen LogP contribution is 2.43. The van der Waals surface area contributed by atoms with Crippen LogP contribution < -0.4 is 5.73 Å². The van der Waals surface area contributed by atoms with Crippen molar-refractivity contribution in [3.05, 3.63) is 146 Å². The number of ether oxygens (including phenoxy) is 2. The molecule has 0 heterocycles. The van der Waals surface area contributed by atoms with Crippen LogP contribution >= 0.6 is 7.82 Å². The maximum Gasteiger partial charge on any atom is 0.472 e. The Labute approximate surface area is 636 Å². The lowest BCUT2D eigenvalue weighted by molar-refractivity contribution is -0.161. The van der Waals surface area contributed by atoms with Gasteiger partial charge in [0.2, 0.25) is 0 Å². The van der Waals surface area contributed by atoms with Gasteiger partial charge in [-0.25, -0.2) is 4.57 Å². The third-order valence-corrected chi connectivity index (χ3v) is 19.7. The zero-order valence-corrected chi connectivity index (χ0v) is 67.9. The topological polar surface area (TPSA) is 134 Å². The monoisotopic (exact) mass is 1450 g/mol. The highest BCUT2D eigenvalue weighted by molar-refractivity contribution is 7.47. The van der Waals surface area contributed by atoms with Crippen LogP contribution in [0.25, 0.3) is 0 Å². The second kappa shape index (κ2) is 86.8. The van der Waals surface area contributed by atoms with Gasteiger partial charge in [0.25, 0.3) is 0 Å². The lowest BCUT2D eigenvalue weighted by Crippen LogP contribution is -2.29. The summed E-state index contributed by atoms with van der Waals surface area (Å²) in [4.78, 5) is 35.5. The number of phosphoric ester groups is 1. The summed E-state index contributed by atoms with van der Waals surface area (Å²) in [6.07, 6.45) is 126. The highest BCUT2D eigenvalue weighted by atomic mass is 31.2. The van der Waals surface area contributed by atoms with Crippen molar-refractivity contribution in [3.63, 3.8) is 0 Å². The Morgan fingerprint density at radius 1 is 0.291 bits per heavy atom. The smallest absolute Gasteiger partial charge is 0.462 e. The summed E-state index contributed by atoms with van der Waals surface area (Å²) >= 11 is 0. The fourth-order valence-corrected chi connectivity index (χ4v) is 13.2. The van der Waals surface area contributed by atoms with Crippen LogP contribution in [0.2, 0.25) is 0 Å². The minimum atomic E-state index is -4.40. The summed E-state index contributed by atoms with van der Waals surface area (Å²) < 4.78 is 33.3. The van der Waals surface area contributed by atoms with E-state index in [2.05, 4.69) is 160 Å². The number of esters is 2. The van der Waals surface area contributed by atoms with E-state index in [1.807, 2.05) is 0 Å². The van der Waals surface area contributed by atoms with Crippen LogP contribution in [0.4, 0.5) is 0 Å². The Bertz CT molecular complexity index is 2220. The van der Waals surface area contributed by atoms with E-state index in [1.165, 1.54) is 257 Å². The molecule has 0 spiro atoms. The van der Waals surface area contributed by atoms with Crippen LogP contribution in [-0.4, -0.2) is 49.3 Å². The quantitative estimate of drug-likeness (QED) is 0.0264. The van der Waals surface area contributed by atoms with Gasteiger partial charge in [0.15, 0.2) is 6.10 Å². The maximum atomic E-state index is 12.8. The maximum absolute atomic E-state index is 12.8. The van der Waals surface area contributed by atoms with E-state index in [4.69, 9.17) is 24.3 Å². The van der Waals surface area contributed by atoms with Gasteiger partial charge in [0.1, 0.15) is 6.61 Å². The van der Waals surface area contributed by atoms with E-state index >= 15 is 0 Å². The number of phosphoric acid groups is 1. The fraction of sp³-hybridized carbons (Fsp3) is 0.720. The number of hydrogen-bond acceptors (Lipinski definition) is 8. The molecule has 2 atom stereocenters. The van der Waals surface area contributed by atoms with Crippen molar-refractivity contribution in [2.24, 2.45) is 5.73 Å². The molecule has 0 radical (unpaired) electrons. The first kappa shape index (κ1) is 98.9. The molecule has 103 heavy (non-hydrogen) atoms. The second-order valence-corrected chi connectivity index (χ2v) is 30.1. The molecule has 0 aromatic rings. The molecule has 0 rings (SSSR count). The number of rotatable bonds is 81. The van der Waals surface area contributed by atoms with Gasteiger partial charge in [0.05, 0.1) is 13.2 Å². The molecule has 0 saturated heterocycles. The van der Waals surface area contributed by atoms with Gasteiger partial charge in [-0.15, -0.1) is 0 Å². The first-order valence-corrected chi connectivity index (χ1v) is 44.8. The predicted octanol–water partition coefficient (Wildman–Crippen LogP) is 29.7. The molecule has 0 saturated carbocycles. The number of carbonyl (C=O) groups excluding carboxylic acids is 2. The summed E-state index contributed by atoms with van der Waals surface area (Å²) in [7, 11) is -4.40. The van der Waals surface area contributed by atoms with E-state index in [9.17, 15) is 19.0 Å². The molecule has 0 aliphatic heterocycles. The van der Waals surface area contributed by atoms with Crippen molar-refractivity contribution in [1.82, 2.24) is 0 Å². The third-order valence-electron chi connectivity index (χ3n) is 18.7. The second-order valence-electron chi connectivity index (χ2n) is 28.6. The van der Waals surface area contributed by atoms with Crippen LogP contribution in [0, 0.1) is 0 Å². The van der Waals surface area contributed by atoms with Crippen molar-refractivity contribution in [3.8, 4) is 0 Å². The summed E-state index contributed by atoms with van der Waals surface area (Å²) in [6.45, 7) is 3.56. The van der Waals surface area contributed by atoms with Crippen LogP contribution in [0.1, 0.15) is 399 Å². The van der Waals surface area contributed by atoms with Crippen molar-refractivity contribution in [2.45, 2.75) is 405 Å². The van der Waals surface area contributed by atoms with E-state index in [1.54, 1.807) is 0 Å². The van der Waals surface area contributed by atoms with Crippen LogP contribution in [-0.2, 0) is 32.7 Å². The van der Waals surface area contributed by atoms with Crippen molar-refractivity contribution < 1.29 is 37.6 Å². The summed E-state index contributed by atoms with van der Waals surface area (Å²) in [6, 6.07) is 0. The Hall–Kier alpha value is -4.11. The first-order chi connectivity index (χ1) is 50.8. The van der Waals surface area contributed by atoms with E-state index < -0.39 is 26.5 Å². The molecule has 592 valence electrons. The third kappa shape index (κ3) is 86.7. The molecule has 0 aromatic carbocycles. The number of nitrogens with two attached hydrogens (primary N) is 1. The van der Waals surface area contributed by atoms with Crippen LogP contribution in [0.3, 0.4) is 0 Å². The van der Waals surface area contributed by atoms with Crippen LogP contribution in [0.15, 0.2) is 146 Å². The standard InChI is InChI=1S/C93H162NO8P/c1-3-5-7-9-11-13-15-17-19-21-23-25-27-29-31-33-35-37-39-41-43-45-47-49-51-53-55-57-59-61-63-65-67-69-71-73-75-77-79-81-83-85-92(95)99-89-91(90-101-103(97,98)100-88-87-94)102-93(96)86-84-82-80-78-76-74-72-70-68-66-64-62-60-58-56-54-52-50-48-46-44-42-40-38-36-34-32-30-28-26-24-22-20-18-16-14-12-10-8-6-4-2/h5-8,11-14,17-20,23-26,29-32,35-38,91H,3-4,9-10,15-16,21-22,27-28,33-34,39-90,94H2,1-2H3,(H,97,98)/b7-5-,8-6-,13-11-,14-12-,19-17-,20-18-,25-23-,26-24-,31-29-,32-30-,37-35-,38-36-. The number of allylic oxidation sites excluding steroid dienone is 24. The van der Waals surface area contributed by atoms with Gasteiger partial charge in [-0.3, -0.25) is 18.6 Å². The summed E-state index contributed by atoms with van der Waals surface area (Å²) in [5.74, 6) is -0.810. The Kier molecular flexibility index (Phi) is 83.3. The molecule has 0 aliphatic rings. The van der Waals surface area contributed by atoms with Gasteiger partial charge in [0, 0.05) is 19.4 Å². The van der Waals surface area contributed by atoms with E-state index in [0.717, 1.165) is 109 Å². The number of hydrogen-bond donors (Lipinski definition) is 2. The van der Waals surface area contributed by atoms with Crippen molar-refractivity contribution in [1.29, 1.82) is 0 Å². The number of carbonyl (C=O) groups is 2. The largest absolute Gasteiger partial charge is 0.472 e. The van der Waals surface area contributed by atoms with Crippen molar-refractivity contribution in [2.75, 3.05) is 26.4 Å². The zero-order chi connectivity index (χ0) is 74.3. The molecule has 0 bridgehead atoms. The Morgan fingerprint density at radius 2 is 0.505 bits per heavy atom. The van der Waals surface area contributed by atoms with E-state index in [-0.39, 0.29) is 38.6 Å². The van der Waals surface area contributed by atoms with Gasteiger partial charge in [-0.1, -0.05) is 417 Å². The molecule has 3 N–H and O–H groups in total. The Balaban J connectivity index is 3.76.